The quantitative estimate of drug-likeness (QED) is 0.610. The molecule has 0 atom stereocenters. The normalized spacial score (nSPS) is 16.1. The molecule has 0 saturated heterocycles. The molecule has 2 aliphatic rings. The molecule has 5 nitrogen and oxygen atoms in total. The van der Waals surface area contributed by atoms with E-state index in [0.717, 1.165) is 39.4 Å². The van der Waals surface area contributed by atoms with E-state index >= 15 is 0 Å². The third kappa shape index (κ3) is 2.74. The van der Waals surface area contributed by atoms with Crippen molar-refractivity contribution in [3.05, 3.63) is 89.5 Å². The highest BCUT2D eigenvalue weighted by Gasteiger charge is 2.28. The smallest absolute Gasteiger partial charge is 0.258 e. The molecule has 0 bridgehead atoms. The number of hydrogen-bond donors (Lipinski definition) is 3. The number of rotatable bonds is 3. The van der Waals surface area contributed by atoms with Crippen LogP contribution in [0.4, 0.5) is 17.1 Å². The van der Waals surface area contributed by atoms with Gasteiger partial charge in [-0.25, -0.2) is 0 Å². The van der Waals surface area contributed by atoms with E-state index in [9.17, 15) is 9.59 Å². The maximum Gasteiger partial charge on any atom is 0.258 e. The van der Waals surface area contributed by atoms with Crippen LogP contribution in [-0.4, -0.2) is 11.8 Å². The number of benzene rings is 3. The lowest BCUT2D eigenvalue weighted by molar-refractivity contribution is -0.115. The van der Waals surface area contributed by atoms with Gasteiger partial charge < -0.3 is 16.0 Å². The Bertz CT molecular complexity index is 1150. The van der Waals surface area contributed by atoms with E-state index < -0.39 is 0 Å². The lowest BCUT2D eigenvalue weighted by Crippen LogP contribution is -2.10. The van der Waals surface area contributed by atoms with Crippen LogP contribution in [0.5, 0.6) is 0 Å². The highest BCUT2D eigenvalue weighted by atomic mass is 16.2. The Kier molecular flexibility index (Phi) is 3.72. The second kappa shape index (κ2) is 6.39. The third-order valence-electron chi connectivity index (χ3n) is 4.98. The molecule has 0 fully saturated rings. The van der Waals surface area contributed by atoms with E-state index in [0.29, 0.717) is 12.0 Å². The molecule has 0 aliphatic carbocycles. The second-order valence-corrected chi connectivity index (χ2v) is 6.84. The van der Waals surface area contributed by atoms with Crippen LogP contribution in [0.3, 0.4) is 0 Å². The number of anilines is 3. The van der Waals surface area contributed by atoms with Gasteiger partial charge >= 0.3 is 0 Å². The van der Waals surface area contributed by atoms with Gasteiger partial charge in [-0.2, -0.15) is 0 Å². The van der Waals surface area contributed by atoms with Crippen molar-refractivity contribution < 1.29 is 9.59 Å². The van der Waals surface area contributed by atoms with E-state index in [1.54, 1.807) is 0 Å². The Hall–Kier alpha value is -3.86. The zero-order valence-corrected chi connectivity index (χ0v) is 15.0. The molecule has 136 valence electrons. The molecule has 0 unspecified atom stereocenters. The minimum absolute atomic E-state index is 0.00196. The zero-order chi connectivity index (χ0) is 19.1. The monoisotopic (exact) mass is 367 g/mol. The second-order valence-electron chi connectivity index (χ2n) is 6.84. The standard InChI is InChI=1S/C23H17N3O2/c27-20-13-15-12-16(10-11-18(15)25-20)24-22(14-6-2-1-3-7-14)21-17-8-4-5-9-19(17)26-23(21)28/h1-12,24H,13H2,(H,25,27)(H,26,28). The maximum atomic E-state index is 12.8. The molecule has 28 heavy (non-hydrogen) atoms. The Morgan fingerprint density at radius 3 is 2.46 bits per heavy atom. The van der Waals surface area contributed by atoms with E-state index in [1.807, 2.05) is 72.8 Å². The zero-order valence-electron chi connectivity index (χ0n) is 15.0. The molecule has 5 rings (SSSR count). The first-order chi connectivity index (χ1) is 13.7. The molecular weight excluding hydrogens is 350 g/mol. The SMILES string of the molecule is O=C1Cc2cc(NC(=C3C(=O)Nc4ccccc43)c3ccccc3)ccc2N1. The van der Waals surface area contributed by atoms with Gasteiger partial charge in [0.1, 0.15) is 0 Å². The van der Waals surface area contributed by atoms with Gasteiger partial charge in [0.25, 0.3) is 5.91 Å². The summed E-state index contributed by atoms with van der Waals surface area (Å²) in [5, 5.41) is 9.21. The molecule has 5 heteroatoms. The average Bonchev–Trinajstić information content (AvgIpc) is 3.24. The van der Waals surface area contributed by atoms with Crippen molar-refractivity contribution in [3.63, 3.8) is 0 Å². The molecule has 3 N–H and O–H groups in total. The fourth-order valence-electron chi connectivity index (χ4n) is 3.70. The first-order valence-electron chi connectivity index (χ1n) is 9.09. The molecule has 2 heterocycles. The van der Waals surface area contributed by atoms with Crippen molar-refractivity contribution in [2.75, 3.05) is 16.0 Å². The van der Waals surface area contributed by atoms with Crippen LogP contribution >= 0.6 is 0 Å². The van der Waals surface area contributed by atoms with E-state index in [2.05, 4.69) is 16.0 Å². The minimum atomic E-state index is -0.134. The minimum Gasteiger partial charge on any atom is -0.354 e. The number of fused-ring (bicyclic) bond motifs is 2. The van der Waals surface area contributed by atoms with Crippen LogP contribution < -0.4 is 16.0 Å². The first kappa shape index (κ1) is 16.3. The van der Waals surface area contributed by atoms with Crippen LogP contribution in [0, 0.1) is 0 Å². The number of carbonyl (C=O) groups excluding carboxylic acids is 2. The fraction of sp³-hybridized carbons (Fsp3) is 0.0435. The molecule has 0 aromatic heterocycles. The van der Waals surface area contributed by atoms with Crippen molar-refractivity contribution in [2.45, 2.75) is 6.42 Å². The molecule has 3 aromatic rings. The first-order valence-corrected chi connectivity index (χ1v) is 9.09. The summed E-state index contributed by atoms with van der Waals surface area (Å²) in [7, 11) is 0. The van der Waals surface area contributed by atoms with Crippen LogP contribution in [0.15, 0.2) is 72.8 Å². The average molecular weight is 367 g/mol. The fourth-order valence-corrected chi connectivity index (χ4v) is 3.70. The van der Waals surface area contributed by atoms with Crippen LogP contribution in [0.25, 0.3) is 11.3 Å². The van der Waals surface area contributed by atoms with Gasteiger partial charge in [0.15, 0.2) is 0 Å². The predicted molar refractivity (Wildman–Crippen MR) is 111 cm³/mol. The number of carbonyl (C=O) groups is 2. The largest absolute Gasteiger partial charge is 0.354 e. The maximum absolute atomic E-state index is 12.8. The Morgan fingerprint density at radius 2 is 1.61 bits per heavy atom. The molecule has 0 spiro atoms. The van der Waals surface area contributed by atoms with Gasteiger partial charge in [-0.05, 0) is 35.4 Å². The van der Waals surface area contributed by atoms with Crippen molar-refractivity contribution in [2.24, 2.45) is 0 Å². The summed E-state index contributed by atoms with van der Waals surface area (Å²) in [4.78, 5) is 24.5. The summed E-state index contributed by atoms with van der Waals surface area (Å²) in [6.45, 7) is 0. The summed E-state index contributed by atoms with van der Waals surface area (Å²) in [5.41, 5.74) is 6.56. The van der Waals surface area contributed by atoms with Crippen molar-refractivity contribution in [1.29, 1.82) is 0 Å². The van der Waals surface area contributed by atoms with Crippen LogP contribution in [-0.2, 0) is 16.0 Å². The molecule has 2 amide bonds. The summed E-state index contributed by atoms with van der Waals surface area (Å²) >= 11 is 0. The predicted octanol–water partition coefficient (Wildman–Crippen LogP) is 4.11. The molecule has 0 saturated carbocycles. The highest BCUT2D eigenvalue weighted by Crippen LogP contribution is 2.37. The van der Waals surface area contributed by atoms with Gasteiger partial charge in [-0.15, -0.1) is 0 Å². The topological polar surface area (TPSA) is 70.2 Å². The molecular formula is C23H17N3O2. The lowest BCUT2D eigenvalue weighted by Gasteiger charge is -2.15. The summed E-state index contributed by atoms with van der Waals surface area (Å²) in [5.74, 6) is -0.136. The summed E-state index contributed by atoms with van der Waals surface area (Å²) in [6.07, 6.45) is 0.366. The number of amides is 2. The molecule has 0 radical (unpaired) electrons. The van der Waals surface area contributed by atoms with Gasteiger partial charge in [-0.3, -0.25) is 9.59 Å². The van der Waals surface area contributed by atoms with Crippen molar-refractivity contribution >= 4 is 40.1 Å². The van der Waals surface area contributed by atoms with E-state index in [1.165, 1.54) is 0 Å². The van der Waals surface area contributed by atoms with E-state index in [-0.39, 0.29) is 11.8 Å². The summed E-state index contributed by atoms with van der Waals surface area (Å²) < 4.78 is 0. The van der Waals surface area contributed by atoms with Gasteiger partial charge in [0, 0.05) is 22.6 Å². The van der Waals surface area contributed by atoms with Gasteiger partial charge in [0.2, 0.25) is 5.91 Å². The summed E-state index contributed by atoms with van der Waals surface area (Å²) in [6, 6.07) is 23.2. The Balaban J connectivity index is 1.64. The number of hydrogen-bond acceptors (Lipinski definition) is 3. The van der Waals surface area contributed by atoms with E-state index in [4.69, 9.17) is 0 Å². The van der Waals surface area contributed by atoms with Gasteiger partial charge in [-0.1, -0.05) is 48.5 Å². The van der Waals surface area contributed by atoms with Crippen LogP contribution in [0.1, 0.15) is 16.7 Å². The number of nitrogens with one attached hydrogen (secondary N) is 3. The third-order valence-corrected chi connectivity index (χ3v) is 4.98. The van der Waals surface area contributed by atoms with Crippen molar-refractivity contribution in [3.8, 4) is 0 Å². The Morgan fingerprint density at radius 1 is 0.821 bits per heavy atom. The van der Waals surface area contributed by atoms with Crippen molar-refractivity contribution in [1.82, 2.24) is 0 Å². The molecule has 2 aliphatic heterocycles. The van der Waals surface area contributed by atoms with Gasteiger partial charge in [0.05, 0.1) is 17.7 Å². The number of para-hydroxylation sites is 1. The van der Waals surface area contributed by atoms with Crippen LogP contribution in [0.2, 0.25) is 0 Å². The lowest BCUT2D eigenvalue weighted by atomic mass is 10.00. The Labute approximate surface area is 162 Å². The highest BCUT2D eigenvalue weighted by molar-refractivity contribution is 6.37. The molecule has 3 aromatic carbocycles.